The van der Waals surface area contributed by atoms with Crippen LogP contribution in [-0.2, 0) is 9.53 Å². The van der Waals surface area contributed by atoms with E-state index in [0.717, 1.165) is 0 Å². The predicted octanol–water partition coefficient (Wildman–Crippen LogP) is 2.56. The standard InChI is InChI=1S/C13H22FNO3/c1-8(2)11(16)10-6-9(14)7-15(10)12(17)18-13(3,4)5/h8-10H,6-7H2,1-5H3/t9-,10?/m0/s1. The monoisotopic (exact) mass is 259 g/mol. The average Bonchev–Trinajstić information content (AvgIpc) is 2.56. The Hall–Kier alpha value is -1.13. The number of nitrogens with zero attached hydrogens (tertiary/aromatic N) is 1. The predicted molar refractivity (Wildman–Crippen MR) is 66.1 cm³/mol. The van der Waals surface area contributed by atoms with E-state index in [0.29, 0.717) is 0 Å². The summed E-state index contributed by atoms with van der Waals surface area (Å²) in [6, 6.07) is -0.685. The van der Waals surface area contributed by atoms with Crippen LogP contribution in [0.1, 0.15) is 41.0 Å². The molecular formula is C13H22FNO3. The SMILES string of the molecule is CC(C)C(=O)C1C[C@H](F)CN1C(=O)OC(C)(C)C. The molecule has 0 N–H and O–H groups in total. The third-order valence-electron chi connectivity index (χ3n) is 2.78. The summed E-state index contributed by atoms with van der Waals surface area (Å²) in [6.07, 6.45) is -1.68. The first kappa shape index (κ1) is 14.9. The fourth-order valence-corrected chi connectivity index (χ4v) is 1.96. The number of halogens is 1. The van der Waals surface area contributed by atoms with Gasteiger partial charge < -0.3 is 4.74 Å². The van der Waals surface area contributed by atoms with Crippen molar-refractivity contribution in [3.8, 4) is 0 Å². The maximum Gasteiger partial charge on any atom is 0.411 e. The summed E-state index contributed by atoms with van der Waals surface area (Å²) in [6.45, 7) is 8.67. The van der Waals surface area contributed by atoms with Crippen LogP contribution >= 0.6 is 0 Å². The summed E-state index contributed by atoms with van der Waals surface area (Å²) in [5.41, 5.74) is -0.642. The van der Waals surface area contributed by atoms with E-state index in [1.165, 1.54) is 4.90 Å². The number of carbonyl (C=O) groups excluding carboxylic acids is 2. The lowest BCUT2D eigenvalue weighted by Crippen LogP contribution is -2.44. The van der Waals surface area contributed by atoms with Gasteiger partial charge in [0.15, 0.2) is 5.78 Å². The van der Waals surface area contributed by atoms with Crippen LogP contribution in [0.15, 0.2) is 0 Å². The molecule has 1 aliphatic rings. The minimum absolute atomic E-state index is 0.0575. The zero-order chi connectivity index (χ0) is 14.1. The fraction of sp³-hybridized carbons (Fsp3) is 0.846. The summed E-state index contributed by atoms with van der Waals surface area (Å²) in [4.78, 5) is 25.1. The van der Waals surface area contributed by atoms with Crippen LogP contribution in [0.3, 0.4) is 0 Å². The van der Waals surface area contributed by atoms with Crippen molar-refractivity contribution in [3.05, 3.63) is 0 Å². The zero-order valence-corrected chi connectivity index (χ0v) is 11.7. The third kappa shape index (κ3) is 3.68. The van der Waals surface area contributed by atoms with Crippen molar-refractivity contribution in [3.63, 3.8) is 0 Å². The molecule has 0 saturated carbocycles. The number of ether oxygens (including phenoxy) is 1. The molecule has 1 unspecified atom stereocenters. The molecule has 18 heavy (non-hydrogen) atoms. The average molecular weight is 259 g/mol. The Kier molecular flexibility index (Phi) is 4.35. The topological polar surface area (TPSA) is 46.6 Å². The number of Topliss-reactive ketones (excluding diaryl/α,β-unsaturated/α-hetero) is 1. The molecule has 5 heteroatoms. The van der Waals surface area contributed by atoms with Crippen molar-refractivity contribution < 1.29 is 18.7 Å². The molecule has 2 atom stereocenters. The molecule has 1 heterocycles. The van der Waals surface area contributed by atoms with Crippen LogP contribution in [0, 0.1) is 5.92 Å². The lowest BCUT2D eigenvalue weighted by Gasteiger charge is -2.28. The van der Waals surface area contributed by atoms with Gasteiger partial charge in [-0.15, -0.1) is 0 Å². The number of amides is 1. The molecule has 1 amide bonds. The summed E-state index contributed by atoms with van der Waals surface area (Å²) >= 11 is 0. The molecule has 0 radical (unpaired) electrons. The van der Waals surface area contributed by atoms with Gasteiger partial charge in [-0.1, -0.05) is 13.8 Å². The van der Waals surface area contributed by atoms with Crippen molar-refractivity contribution in [2.45, 2.75) is 58.9 Å². The van der Waals surface area contributed by atoms with Gasteiger partial charge in [-0.05, 0) is 20.8 Å². The second-order valence-corrected chi connectivity index (χ2v) is 6.04. The van der Waals surface area contributed by atoms with Gasteiger partial charge in [-0.3, -0.25) is 9.69 Å². The van der Waals surface area contributed by atoms with E-state index in [2.05, 4.69) is 0 Å². The first-order valence-electron chi connectivity index (χ1n) is 6.29. The van der Waals surface area contributed by atoms with Crippen LogP contribution in [-0.4, -0.2) is 41.1 Å². The number of alkyl halides is 1. The molecule has 104 valence electrons. The Balaban J connectivity index is 2.79. The second-order valence-electron chi connectivity index (χ2n) is 6.04. The van der Waals surface area contributed by atoms with Crippen LogP contribution in [0.2, 0.25) is 0 Å². The molecule has 0 aromatic heterocycles. The molecular weight excluding hydrogens is 237 g/mol. The summed E-state index contributed by atoms with van der Waals surface area (Å²) in [5.74, 6) is -0.328. The Morgan fingerprint density at radius 1 is 1.33 bits per heavy atom. The fourth-order valence-electron chi connectivity index (χ4n) is 1.96. The highest BCUT2D eigenvalue weighted by molar-refractivity contribution is 5.89. The van der Waals surface area contributed by atoms with Crippen molar-refractivity contribution in [2.24, 2.45) is 5.92 Å². The number of rotatable bonds is 2. The summed E-state index contributed by atoms with van der Waals surface area (Å²) in [7, 11) is 0. The normalized spacial score (nSPS) is 24.5. The lowest BCUT2D eigenvalue weighted by molar-refractivity contribution is -0.126. The van der Waals surface area contributed by atoms with Crippen molar-refractivity contribution in [1.82, 2.24) is 4.90 Å². The number of hydrogen-bond donors (Lipinski definition) is 0. The van der Waals surface area contributed by atoms with E-state index >= 15 is 0 Å². The molecule has 0 spiro atoms. The van der Waals surface area contributed by atoms with E-state index in [4.69, 9.17) is 4.74 Å². The Labute approximate surface area is 107 Å². The smallest absolute Gasteiger partial charge is 0.411 e. The van der Waals surface area contributed by atoms with Crippen molar-refractivity contribution >= 4 is 11.9 Å². The van der Waals surface area contributed by atoms with E-state index in [9.17, 15) is 14.0 Å². The van der Waals surface area contributed by atoms with Crippen LogP contribution in [0.4, 0.5) is 9.18 Å². The molecule has 0 bridgehead atoms. The third-order valence-corrected chi connectivity index (χ3v) is 2.78. The number of hydrogen-bond acceptors (Lipinski definition) is 3. The largest absolute Gasteiger partial charge is 0.444 e. The molecule has 0 aromatic rings. The molecule has 1 saturated heterocycles. The molecule has 4 nitrogen and oxygen atoms in total. The van der Waals surface area contributed by atoms with Gasteiger partial charge in [-0.25, -0.2) is 9.18 Å². The Morgan fingerprint density at radius 2 is 1.89 bits per heavy atom. The van der Waals surface area contributed by atoms with Crippen molar-refractivity contribution in [2.75, 3.05) is 6.54 Å². The summed E-state index contributed by atoms with van der Waals surface area (Å²) < 4.78 is 18.6. The minimum Gasteiger partial charge on any atom is -0.444 e. The quantitative estimate of drug-likeness (QED) is 0.765. The van der Waals surface area contributed by atoms with Gasteiger partial charge in [0.2, 0.25) is 0 Å². The second kappa shape index (κ2) is 5.24. The van der Waals surface area contributed by atoms with Crippen LogP contribution in [0.5, 0.6) is 0 Å². The van der Waals surface area contributed by atoms with Crippen LogP contribution < -0.4 is 0 Å². The lowest BCUT2D eigenvalue weighted by atomic mass is 10.00. The van der Waals surface area contributed by atoms with E-state index < -0.39 is 23.9 Å². The Morgan fingerprint density at radius 3 is 2.33 bits per heavy atom. The Bertz CT molecular complexity index is 336. The van der Waals surface area contributed by atoms with Crippen LogP contribution in [0.25, 0.3) is 0 Å². The number of likely N-dealkylation sites (tertiary alicyclic amines) is 1. The summed E-state index contributed by atoms with van der Waals surface area (Å²) in [5, 5.41) is 0. The maximum atomic E-state index is 13.4. The highest BCUT2D eigenvalue weighted by atomic mass is 19.1. The first-order chi connectivity index (χ1) is 8.11. The molecule has 1 aliphatic heterocycles. The van der Waals surface area contributed by atoms with Crippen molar-refractivity contribution in [1.29, 1.82) is 0 Å². The van der Waals surface area contributed by atoms with E-state index in [-0.39, 0.29) is 24.7 Å². The van der Waals surface area contributed by atoms with Gasteiger partial charge in [0.25, 0.3) is 0 Å². The number of carbonyl (C=O) groups is 2. The molecule has 0 aliphatic carbocycles. The zero-order valence-electron chi connectivity index (χ0n) is 11.7. The van der Waals surface area contributed by atoms with Gasteiger partial charge in [0.05, 0.1) is 12.6 Å². The highest BCUT2D eigenvalue weighted by Crippen LogP contribution is 2.25. The maximum absolute atomic E-state index is 13.4. The molecule has 1 rings (SSSR count). The van der Waals surface area contributed by atoms with E-state index in [1.54, 1.807) is 34.6 Å². The molecule has 1 fully saturated rings. The molecule has 0 aromatic carbocycles. The van der Waals surface area contributed by atoms with Gasteiger partial charge in [-0.2, -0.15) is 0 Å². The van der Waals surface area contributed by atoms with E-state index in [1.807, 2.05) is 0 Å². The number of ketones is 1. The van der Waals surface area contributed by atoms with Gasteiger partial charge in [0.1, 0.15) is 11.8 Å². The highest BCUT2D eigenvalue weighted by Gasteiger charge is 2.41. The van der Waals surface area contributed by atoms with Gasteiger partial charge >= 0.3 is 6.09 Å². The minimum atomic E-state index is -1.15. The first-order valence-corrected chi connectivity index (χ1v) is 6.29. The van der Waals surface area contributed by atoms with Gasteiger partial charge in [0, 0.05) is 12.3 Å².